The number of amides is 1. The van der Waals surface area contributed by atoms with E-state index in [-0.39, 0.29) is 12.3 Å². The molecule has 98 valence electrons. The number of aryl methyl sites for hydroxylation is 2. The standard InChI is InChI=1S/C15H17N3O/c1-10-4-3-5-11(2)15(10)18-14(19)8-13-7-6-12(16)9-17-13/h3-7,9H,8,16H2,1-2H3,(H,18,19). The zero-order valence-corrected chi connectivity index (χ0v) is 11.1. The largest absolute Gasteiger partial charge is 0.397 e. The summed E-state index contributed by atoms with van der Waals surface area (Å²) in [5.41, 5.74) is 9.85. The van der Waals surface area contributed by atoms with Gasteiger partial charge in [-0.2, -0.15) is 0 Å². The van der Waals surface area contributed by atoms with E-state index in [2.05, 4.69) is 10.3 Å². The van der Waals surface area contributed by atoms with E-state index in [1.54, 1.807) is 18.3 Å². The second-order valence-corrected chi connectivity index (χ2v) is 4.57. The molecule has 1 aromatic heterocycles. The number of nitrogens with zero attached hydrogens (tertiary/aromatic N) is 1. The predicted octanol–water partition coefficient (Wildman–Crippen LogP) is 2.46. The highest BCUT2D eigenvalue weighted by Crippen LogP contribution is 2.19. The van der Waals surface area contributed by atoms with E-state index in [0.29, 0.717) is 11.4 Å². The molecule has 0 fully saturated rings. The number of anilines is 2. The number of rotatable bonds is 3. The maximum atomic E-state index is 12.0. The van der Waals surface area contributed by atoms with E-state index in [0.717, 1.165) is 16.8 Å². The molecule has 4 heteroatoms. The molecule has 0 unspecified atom stereocenters. The Balaban J connectivity index is 2.07. The van der Waals surface area contributed by atoms with E-state index >= 15 is 0 Å². The minimum atomic E-state index is -0.0744. The van der Waals surface area contributed by atoms with Crippen LogP contribution in [-0.4, -0.2) is 10.9 Å². The van der Waals surface area contributed by atoms with Crippen LogP contribution in [0.5, 0.6) is 0 Å². The number of benzene rings is 1. The molecule has 2 rings (SSSR count). The molecule has 0 spiro atoms. The monoisotopic (exact) mass is 255 g/mol. The number of carbonyl (C=O) groups excluding carboxylic acids is 1. The van der Waals surface area contributed by atoms with E-state index in [4.69, 9.17) is 5.73 Å². The van der Waals surface area contributed by atoms with Gasteiger partial charge in [0, 0.05) is 11.4 Å². The third-order valence-corrected chi connectivity index (χ3v) is 2.93. The Hall–Kier alpha value is -2.36. The van der Waals surface area contributed by atoms with Crippen molar-refractivity contribution in [2.75, 3.05) is 11.1 Å². The normalized spacial score (nSPS) is 10.2. The number of nitrogen functional groups attached to an aromatic ring is 1. The first kappa shape index (κ1) is 13.1. The van der Waals surface area contributed by atoms with Gasteiger partial charge in [0.05, 0.1) is 18.3 Å². The quantitative estimate of drug-likeness (QED) is 0.885. The van der Waals surface area contributed by atoms with Gasteiger partial charge in [-0.3, -0.25) is 9.78 Å². The summed E-state index contributed by atoms with van der Waals surface area (Å²) in [4.78, 5) is 16.1. The first-order valence-corrected chi connectivity index (χ1v) is 6.13. The van der Waals surface area contributed by atoms with Gasteiger partial charge in [0.25, 0.3) is 0 Å². The first-order valence-electron chi connectivity index (χ1n) is 6.13. The third-order valence-electron chi connectivity index (χ3n) is 2.93. The summed E-state index contributed by atoms with van der Waals surface area (Å²) in [5.74, 6) is -0.0744. The van der Waals surface area contributed by atoms with Gasteiger partial charge in [0.2, 0.25) is 5.91 Å². The summed E-state index contributed by atoms with van der Waals surface area (Å²) >= 11 is 0. The van der Waals surface area contributed by atoms with Crippen LogP contribution in [0, 0.1) is 13.8 Å². The van der Waals surface area contributed by atoms with Crippen LogP contribution in [0.1, 0.15) is 16.8 Å². The molecule has 0 radical (unpaired) electrons. The second-order valence-electron chi connectivity index (χ2n) is 4.57. The van der Waals surface area contributed by atoms with E-state index in [1.807, 2.05) is 32.0 Å². The molecule has 0 bridgehead atoms. The molecule has 0 atom stereocenters. The van der Waals surface area contributed by atoms with Crippen LogP contribution in [0.4, 0.5) is 11.4 Å². The summed E-state index contributed by atoms with van der Waals surface area (Å²) in [7, 11) is 0. The van der Waals surface area contributed by atoms with E-state index in [9.17, 15) is 4.79 Å². The molecule has 1 amide bonds. The fourth-order valence-corrected chi connectivity index (χ4v) is 1.90. The molecule has 1 heterocycles. The van der Waals surface area contributed by atoms with Gasteiger partial charge < -0.3 is 11.1 Å². The molecule has 2 aromatic rings. The molecule has 4 nitrogen and oxygen atoms in total. The first-order chi connectivity index (χ1) is 9.06. The molecule has 0 aliphatic rings. The highest BCUT2D eigenvalue weighted by atomic mass is 16.1. The van der Waals surface area contributed by atoms with E-state index < -0.39 is 0 Å². The molecule has 0 saturated carbocycles. The van der Waals surface area contributed by atoms with Gasteiger partial charge in [-0.15, -0.1) is 0 Å². The summed E-state index contributed by atoms with van der Waals surface area (Å²) < 4.78 is 0. The summed E-state index contributed by atoms with van der Waals surface area (Å²) in [6.07, 6.45) is 1.80. The van der Waals surface area contributed by atoms with E-state index in [1.165, 1.54) is 0 Å². The van der Waals surface area contributed by atoms with Gasteiger partial charge in [-0.1, -0.05) is 18.2 Å². The van der Waals surface area contributed by atoms with Crippen LogP contribution in [0.2, 0.25) is 0 Å². The summed E-state index contributed by atoms with van der Waals surface area (Å²) in [6.45, 7) is 3.95. The van der Waals surface area contributed by atoms with Crippen molar-refractivity contribution >= 4 is 17.3 Å². The summed E-state index contributed by atoms with van der Waals surface area (Å²) in [5, 5.41) is 2.93. The zero-order valence-electron chi connectivity index (χ0n) is 11.1. The zero-order chi connectivity index (χ0) is 13.8. The van der Waals surface area contributed by atoms with Gasteiger partial charge in [0.1, 0.15) is 0 Å². The Morgan fingerprint density at radius 2 is 1.89 bits per heavy atom. The van der Waals surface area contributed by atoms with Crippen molar-refractivity contribution in [2.45, 2.75) is 20.3 Å². The number of nitrogens with two attached hydrogens (primary N) is 1. The highest BCUT2D eigenvalue weighted by molar-refractivity contribution is 5.93. The number of hydrogen-bond acceptors (Lipinski definition) is 3. The number of pyridine rings is 1. The lowest BCUT2D eigenvalue weighted by atomic mass is 10.1. The van der Waals surface area contributed by atoms with Crippen molar-refractivity contribution in [1.82, 2.24) is 4.98 Å². The second kappa shape index (κ2) is 5.52. The lowest BCUT2D eigenvalue weighted by Gasteiger charge is -2.11. The Morgan fingerprint density at radius 3 is 2.47 bits per heavy atom. The van der Waals surface area contributed by atoms with Gasteiger partial charge in [0.15, 0.2) is 0 Å². The highest BCUT2D eigenvalue weighted by Gasteiger charge is 2.08. The maximum Gasteiger partial charge on any atom is 0.230 e. The minimum Gasteiger partial charge on any atom is -0.397 e. The average molecular weight is 255 g/mol. The molecule has 0 aliphatic heterocycles. The lowest BCUT2D eigenvalue weighted by Crippen LogP contribution is -2.16. The molecular weight excluding hydrogens is 238 g/mol. The fourth-order valence-electron chi connectivity index (χ4n) is 1.90. The molecule has 0 saturated heterocycles. The third kappa shape index (κ3) is 3.31. The SMILES string of the molecule is Cc1cccc(C)c1NC(=O)Cc1ccc(N)cn1. The molecule has 3 N–H and O–H groups in total. The van der Waals surface area contributed by atoms with Crippen molar-refractivity contribution in [1.29, 1.82) is 0 Å². The van der Waals surface area contributed by atoms with Crippen molar-refractivity contribution in [3.05, 3.63) is 53.3 Å². The fraction of sp³-hybridized carbons (Fsp3) is 0.200. The smallest absolute Gasteiger partial charge is 0.230 e. The van der Waals surface area contributed by atoms with Crippen molar-refractivity contribution in [2.24, 2.45) is 0 Å². The van der Waals surface area contributed by atoms with Crippen molar-refractivity contribution < 1.29 is 4.79 Å². The Kier molecular flexibility index (Phi) is 3.80. The van der Waals surface area contributed by atoms with Crippen LogP contribution in [0.15, 0.2) is 36.5 Å². The molecular formula is C15H17N3O. The number of para-hydroxylation sites is 1. The number of aromatic nitrogens is 1. The number of carbonyl (C=O) groups is 1. The Morgan fingerprint density at radius 1 is 1.21 bits per heavy atom. The van der Waals surface area contributed by atoms with Crippen molar-refractivity contribution in [3.63, 3.8) is 0 Å². The van der Waals surface area contributed by atoms with Gasteiger partial charge in [-0.05, 0) is 37.1 Å². The summed E-state index contributed by atoms with van der Waals surface area (Å²) in [6, 6.07) is 9.43. The van der Waals surface area contributed by atoms with Gasteiger partial charge >= 0.3 is 0 Å². The maximum absolute atomic E-state index is 12.0. The Bertz CT molecular complexity index is 571. The van der Waals surface area contributed by atoms with Crippen molar-refractivity contribution in [3.8, 4) is 0 Å². The molecule has 0 aliphatic carbocycles. The molecule has 19 heavy (non-hydrogen) atoms. The number of hydrogen-bond donors (Lipinski definition) is 2. The van der Waals surface area contributed by atoms with Crippen LogP contribution in [0.25, 0.3) is 0 Å². The van der Waals surface area contributed by atoms with Gasteiger partial charge in [-0.25, -0.2) is 0 Å². The topological polar surface area (TPSA) is 68.0 Å². The van der Waals surface area contributed by atoms with Crippen LogP contribution < -0.4 is 11.1 Å². The predicted molar refractivity (Wildman–Crippen MR) is 76.9 cm³/mol. The minimum absolute atomic E-state index is 0.0744. The average Bonchev–Trinajstić information content (AvgIpc) is 2.37. The van der Waals surface area contributed by atoms with Crippen LogP contribution >= 0.6 is 0 Å². The van der Waals surface area contributed by atoms with Crippen LogP contribution in [-0.2, 0) is 11.2 Å². The lowest BCUT2D eigenvalue weighted by molar-refractivity contribution is -0.115. The number of nitrogens with one attached hydrogen (secondary N) is 1. The van der Waals surface area contributed by atoms with Crippen LogP contribution in [0.3, 0.4) is 0 Å². The molecule has 1 aromatic carbocycles. The Labute approximate surface area is 112 Å².